The summed E-state index contributed by atoms with van der Waals surface area (Å²) in [6.07, 6.45) is 3.07. The van der Waals surface area contributed by atoms with Crippen LogP contribution >= 0.6 is 0 Å². The third-order valence-corrected chi connectivity index (χ3v) is 6.31. The molecule has 37 heavy (non-hydrogen) atoms. The lowest BCUT2D eigenvalue weighted by Gasteiger charge is -2.32. The van der Waals surface area contributed by atoms with E-state index in [0.717, 1.165) is 12.0 Å². The van der Waals surface area contributed by atoms with Gasteiger partial charge in [0.1, 0.15) is 11.5 Å². The normalized spacial score (nSPS) is 15.3. The third kappa shape index (κ3) is 6.58. The summed E-state index contributed by atoms with van der Waals surface area (Å²) in [5.41, 5.74) is 0.881. The topological polar surface area (TPSA) is 115 Å². The van der Waals surface area contributed by atoms with Crippen LogP contribution < -0.4 is 4.74 Å². The Hall–Kier alpha value is -4.08. The predicted molar refractivity (Wildman–Crippen MR) is 132 cm³/mol. The minimum absolute atomic E-state index is 0.102. The van der Waals surface area contributed by atoms with Gasteiger partial charge >= 0.3 is 5.97 Å². The number of carbonyl (C=O) groups excluding carboxylic acids is 3. The van der Waals surface area contributed by atoms with Crippen molar-refractivity contribution in [1.82, 2.24) is 15.0 Å². The molecule has 1 aromatic carbocycles. The van der Waals surface area contributed by atoms with Crippen LogP contribution in [0.15, 0.2) is 57.7 Å². The van der Waals surface area contributed by atoms with E-state index >= 15 is 0 Å². The van der Waals surface area contributed by atoms with E-state index in [-0.39, 0.29) is 48.9 Å². The van der Waals surface area contributed by atoms with Gasteiger partial charge in [0.25, 0.3) is 5.91 Å². The number of benzene rings is 1. The Bertz CT molecular complexity index is 1190. The zero-order valence-corrected chi connectivity index (χ0v) is 21.1. The predicted octanol–water partition coefficient (Wildman–Crippen LogP) is 3.78. The van der Waals surface area contributed by atoms with E-state index < -0.39 is 0 Å². The summed E-state index contributed by atoms with van der Waals surface area (Å²) in [7, 11) is 1.59. The highest BCUT2D eigenvalue weighted by atomic mass is 16.5. The van der Waals surface area contributed by atoms with Crippen LogP contribution in [0.3, 0.4) is 0 Å². The van der Waals surface area contributed by atoms with Crippen LogP contribution in [0.1, 0.15) is 42.4 Å². The van der Waals surface area contributed by atoms with Crippen molar-refractivity contribution in [2.75, 3.05) is 33.4 Å². The van der Waals surface area contributed by atoms with Crippen molar-refractivity contribution in [1.29, 1.82) is 0 Å². The van der Waals surface area contributed by atoms with Gasteiger partial charge in [-0.05, 0) is 56.2 Å². The summed E-state index contributed by atoms with van der Waals surface area (Å²) in [5.74, 6) is 0.647. The number of aromatic nitrogens is 1. The number of ether oxygens (including phenoxy) is 2. The van der Waals surface area contributed by atoms with E-state index in [1.54, 1.807) is 49.3 Å². The molecule has 0 aliphatic carbocycles. The SMILES string of the molecule is CCOC(=O)[C@H]1CCCN(C(=O)CCN(Cc2ccco2)C(=O)c2cc(-c3ccc(OC)cc3)on2)C1. The molecule has 0 spiro atoms. The highest BCUT2D eigenvalue weighted by Gasteiger charge is 2.30. The Labute approximate surface area is 215 Å². The number of methoxy groups -OCH3 is 1. The molecule has 3 aromatic rings. The fourth-order valence-corrected chi connectivity index (χ4v) is 4.32. The summed E-state index contributed by atoms with van der Waals surface area (Å²) < 4.78 is 21.2. The van der Waals surface area contributed by atoms with Gasteiger partial charge < -0.3 is 28.2 Å². The van der Waals surface area contributed by atoms with E-state index in [0.29, 0.717) is 43.4 Å². The minimum atomic E-state index is -0.379. The van der Waals surface area contributed by atoms with E-state index in [4.69, 9.17) is 18.4 Å². The average Bonchev–Trinajstić information content (AvgIpc) is 3.63. The standard InChI is InChI=1S/C27H31N3O7/c1-3-35-27(33)20-6-4-13-29(17-20)25(31)12-14-30(18-22-7-5-15-36-22)26(32)23-16-24(37-28-23)19-8-10-21(34-2)11-9-19/h5,7-11,15-16,20H,3-4,6,12-14,17-18H2,1-2H3/t20-/m0/s1. The van der Waals surface area contributed by atoms with Gasteiger partial charge in [-0.15, -0.1) is 0 Å². The number of hydrogen-bond donors (Lipinski definition) is 0. The first kappa shape index (κ1) is 26.0. The second-order valence-electron chi connectivity index (χ2n) is 8.79. The largest absolute Gasteiger partial charge is 0.497 e. The lowest BCUT2D eigenvalue weighted by molar-refractivity contribution is -0.151. The van der Waals surface area contributed by atoms with Crippen molar-refractivity contribution < 1.29 is 32.8 Å². The van der Waals surface area contributed by atoms with Crippen LogP contribution in [0.4, 0.5) is 0 Å². The molecule has 3 heterocycles. The van der Waals surface area contributed by atoms with Crippen LogP contribution in [0.5, 0.6) is 5.75 Å². The third-order valence-electron chi connectivity index (χ3n) is 6.31. The molecule has 1 aliphatic heterocycles. The Morgan fingerprint density at radius 1 is 1.19 bits per heavy atom. The molecule has 0 saturated carbocycles. The first-order chi connectivity index (χ1) is 18.0. The fraction of sp³-hybridized carbons (Fsp3) is 0.407. The Morgan fingerprint density at radius 2 is 2.00 bits per heavy atom. The van der Waals surface area contributed by atoms with Gasteiger partial charge in [0.2, 0.25) is 5.91 Å². The summed E-state index contributed by atoms with van der Waals surface area (Å²) in [6.45, 7) is 3.32. The maximum absolute atomic E-state index is 13.4. The average molecular weight is 510 g/mol. The van der Waals surface area contributed by atoms with E-state index in [2.05, 4.69) is 5.16 Å². The van der Waals surface area contributed by atoms with Crippen LogP contribution in [0.25, 0.3) is 11.3 Å². The van der Waals surface area contributed by atoms with Gasteiger partial charge in [-0.1, -0.05) is 5.16 Å². The Kier molecular flexibility index (Phi) is 8.60. The second kappa shape index (κ2) is 12.2. The van der Waals surface area contributed by atoms with Crippen molar-refractivity contribution in [3.8, 4) is 17.1 Å². The van der Waals surface area contributed by atoms with Gasteiger partial charge in [-0.3, -0.25) is 14.4 Å². The van der Waals surface area contributed by atoms with Crippen molar-refractivity contribution in [2.45, 2.75) is 32.7 Å². The number of rotatable bonds is 10. The Morgan fingerprint density at radius 3 is 2.70 bits per heavy atom. The highest BCUT2D eigenvalue weighted by molar-refractivity contribution is 5.93. The zero-order chi connectivity index (χ0) is 26.2. The number of nitrogens with zero attached hydrogens (tertiary/aromatic N) is 3. The maximum Gasteiger partial charge on any atom is 0.310 e. The van der Waals surface area contributed by atoms with E-state index in [9.17, 15) is 14.4 Å². The molecule has 1 aliphatic rings. The molecule has 1 fully saturated rings. The summed E-state index contributed by atoms with van der Waals surface area (Å²) in [6, 6.07) is 12.3. The molecular formula is C27H31N3O7. The quantitative estimate of drug-likeness (QED) is 0.379. The number of amides is 2. The van der Waals surface area contributed by atoms with Gasteiger partial charge in [0.05, 0.1) is 32.4 Å². The molecule has 0 unspecified atom stereocenters. The highest BCUT2D eigenvalue weighted by Crippen LogP contribution is 2.24. The number of carbonyl (C=O) groups is 3. The van der Waals surface area contributed by atoms with Crippen molar-refractivity contribution in [3.63, 3.8) is 0 Å². The van der Waals surface area contributed by atoms with Crippen LogP contribution in [0, 0.1) is 5.92 Å². The molecule has 2 amide bonds. The number of hydrogen-bond acceptors (Lipinski definition) is 8. The molecule has 4 rings (SSSR count). The number of piperidine rings is 1. The molecule has 0 bridgehead atoms. The number of esters is 1. The molecule has 196 valence electrons. The first-order valence-electron chi connectivity index (χ1n) is 12.4. The summed E-state index contributed by atoms with van der Waals surface area (Å²) in [4.78, 5) is 41.7. The summed E-state index contributed by atoms with van der Waals surface area (Å²) >= 11 is 0. The lowest BCUT2D eigenvalue weighted by Crippen LogP contribution is -2.44. The molecule has 1 saturated heterocycles. The summed E-state index contributed by atoms with van der Waals surface area (Å²) in [5, 5.41) is 3.97. The van der Waals surface area contributed by atoms with Gasteiger partial charge in [-0.2, -0.15) is 0 Å². The van der Waals surface area contributed by atoms with Gasteiger partial charge in [0.15, 0.2) is 11.5 Å². The molecule has 0 radical (unpaired) electrons. The maximum atomic E-state index is 13.4. The van der Waals surface area contributed by atoms with E-state index in [1.165, 1.54) is 11.2 Å². The number of furan rings is 1. The molecule has 0 N–H and O–H groups in total. The second-order valence-corrected chi connectivity index (χ2v) is 8.79. The molecular weight excluding hydrogens is 478 g/mol. The van der Waals surface area contributed by atoms with Crippen LogP contribution in [-0.4, -0.2) is 66.1 Å². The van der Waals surface area contributed by atoms with Gasteiger partial charge in [-0.25, -0.2) is 0 Å². The van der Waals surface area contributed by atoms with Gasteiger partial charge in [0, 0.05) is 37.7 Å². The fourth-order valence-electron chi connectivity index (χ4n) is 4.32. The zero-order valence-electron chi connectivity index (χ0n) is 21.1. The first-order valence-corrected chi connectivity index (χ1v) is 12.4. The monoisotopic (exact) mass is 509 g/mol. The minimum Gasteiger partial charge on any atom is -0.497 e. The Balaban J connectivity index is 1.43. The van der Waals surface area contributed by atoms with E-state index in [1.807, 2.05) is 12.1 Å². The smallest absolute Gasteiger partial charge is 0.310 e. The lowest BCUT2D eigenvalue weighted by atomic mass is 9.98. The molecule has 10 heteroatoms. The number of likely N-dealkylation sites (tertiary alicyclic amines) is 1. The van der Waals surface area contributed by atoms with Crippen molar-refractivity contribution in [2.24, 2.45) is 5.92 Å². The molecule has 2 aromatic heterocycles. The van der Waals surface area contributed by atoms with Crippen molar-refractivity contribution >= 4 is 17.8 Å². The van der Waals surface area contributed by atoms with Crippen molar-refractivity contribution in [3.05, 3.63) is 60.2 Å². The van der Waals surface area contributed by atoms with Crippen LogP contribution in [0.2, 0.25) is 0 Å². The van der Waals surface area contributed by atoms with Crippen LogP contribution in [-0.2, 0) is 20.9 Å². The molecule has 1 atom stereocenters. The molecule has 10 nitrogen and oxygen atoms in total.